The highest BCUT2D eigenvalue weighted by Gasteiger charge is 2.10. The Labute approximate surface area is 87.4 Å². The number of hydrogen-bond acceptors (Lipinski definition) is 4. The first kappa shape index (κ1) is 13.4. The first-order valence-corrected chi connectivity index (χ1v) is 4.36. The predicted octanol–water partition coefficient (Wildman–Crippen LogP) is 1.52. The van der Waals surface area contributed by atoms with E-state index in [4.69, 9.17) is 0 Å². The molecule has 0 rings (SSSR count). The van der Waals surface area contributed by atoms with Crippen molar-refractivity contribution in [2.24, 2.45) is 0 Å². The van der Waals surface area contributed by atoms with E-state index in [2.05, 4.69) is 22.6 Å². The van der Waals surface area contributed by atoms with Crippen molar-refractivity contribution in [1.82, 2.24) is 0 Å². The quantitative estimate of drug-likeness (QED) is 0.368. The van der Waals surface area contributed by atoms with Crippen LogP contribution in [0.2, 0.25) is 0 Å². The first-order valence-electron chi connectivity index (χ1n) is 4.36. The maximum absolute atomic E-state index is 12.8. The molecule has 4 nitrogen and oxygen atoms in total. The van der Waals surface area contributed by atoms with Gasteiger partial charge in [-0.2, -0.15) is 0 Å². The smallest absolute Gasteiger partial charge is 0.332 e. The van der Waals surface area contributed by atoms with Crippen molar-refractivity contribution in [3.05, 3.63) is 25.3 Å². The van der Waals surface area contributed by atoms with Crippen LogP contribution >= 0.6 is 0 Å². The fourth-order valence-electron chi connectivity index (χ4n) is 0.709. The zero-order valence-electron chi connectivity index (χ0n) is 8.28. The SMILES string of the molecule is C=CC(=O)OCCCC(F)OC(=O)C=C. The number of alkyl halides is 1. The fraction of sp³-hybridized carbons (Fsp3) is 0.400. The second-order valence-electron chi connectivity index (χ2n) is 2.56. The summed E-state index contributed by atoms with van der Waals surface area (Å²) in [5.41, 5.74) is 0. The molecule has 0 heterocycles. The molecule has 0 amide bonds. The Morgan fingerprint density at radius 1 is 1.27 bits per heavy atom. The largest absolute Gasteiger partial charge is 0.463 e. The van der Waals surface area contributed by atoms with Crippen molar-refractivity contribution < 1.29 is 23.5 Å². The molecule has 0 saturated heterocycles. The molecule has 0 aromatic rings. The molecule has 0 fully saturated rings. The van der Waals surface area contributed by atoms with Crippen LogP contribution in [0.5, 0.6) is 0 Å². The number of halogens is 1. The third kappa shape index (κ3) is 7.42. The molecule has 1 unspecified atom stereocenters. The number of hydrogen-bond donors (Lipinski definition) is 0. The number of rotatable bonds is 7. The number of carbonyl (C=O) groups excluding carboxylic acids is 2. The Bertz CT molecular complexity index is 250. The summed E-state index contributed by atoms with van der Waals surface area (Å²) < 4.78 is 21.6. The van der Waals surface area contributed by atoms with Gasteiger partial charge in [-0.25, -0.2) is 14.0 Å². The molecular weight excluding hydrogens is 203 g/mol. The van der Waals surface area contributed by atoms with Gasteiger partial charge >= 0.3 is 11.9 Å². The molecule has 84 valence electrons. The predicted molar refractivity (Wildman–Crippen MR) is 51.6 cm³/mol. The van der Waals surface area contributed by atoms with E-state index >= 15 is 0 Å². The van der Waals surface area contributed by atoms with Gasteiger partial charge in [-0.05, 0) is 6.42 Å². The molecule has 0 N–H and O–H groups in total. The normalized spacial score (nSPS) is 11.3. The van der Waals surface area contributed by atoms with E-state index in [1.807, 2.05) is 0 Å². The average molecular weight is 216 g/mol. The van der Waals surface area contributed by atoms with Gasteiger partial charge in [-0.1, -0.05) is 13.2 Å². The van der Waals surface area contributed by atoms with Crippen LogP contribution in [0.25, 0.3) is 0 Å². The van der Waals surface area contributed by atoms with Crippen LogP contribution in [0.3, 0.4) is 0 Å². The third-order valence-electron chi connectivity index (χ3n) is 1.40. The van der Waals surface area contributed by atoms with Crippen LogP contribution in [0.15, 0.2) is 25.3 Å². The molecule has 0 aliphatic heterocycles. The molecule has 5 heteroatoms. The van der Waals surface area contributed by atoms with Crippen LogP contribution in [0.4, 0.5) is 4.39 Å². The Morgan fingerprint density at radius 3 is 2.40 bits per heavy atom. The summed E-state index contributed by atoms with van der Waals surface area (Å²) in [7, 11) is 0. The van der Waals surface area contributed by atoms with E-state index in [9.17, 15) is 14.0 Å². The summed E-state index contributed by atoms with van der Waals surface area (Å²) in [6.45, 7) is 6.38. The summed E-state index contributed by atoms with van der Waals surface area (Å²) >= 11 is 0. The lowest BCUT2D eigenvalue weighted by molar-refractivity contribution is -0.153. The van der Waals surface area contributed by atoms with Gasteiger partial charge < -0.3 is 9.47 Å². The maximum Gasteiger partial charge on any atom is 0.332 e. The van der Waals surface area contributed by atoms with Crippen molar-refractivity contribution in [1.29, 1.82) is 0 Å². The minimum atomic E-state index is -1.70. The van der Waals surface area contributed by atoms with E-state index in [-0.39, 0.29) is 19.4 Å². The topological polar surface area (TPSA) is 52.6 Å². The monoisotopic (exact) mass is 216 g/mol. The molecule has 1 atom stereocenters. The number of ether oxygens (including phenoxy) is 2. The van der Waals surface area contributed by atoms with Crippen molar-refractivity contribution in [3.8, 4) is 0 Å². The molecule has 0 aliphatic rings. The van der Waals surface area contributed by atoms with Crippen LogP contribution in [0, 0.1) is 0 Å². The molecular formula is C10H13FO4. The molecule has 0 radical (unpaired) electrons. The molecule has 0 saturated carbocycles. The second-order valence-corrected chi connectivity index (χ2v) is 2.56. The second kappa shape index (κ2) is 7.73. The summed E-state index contributed by atoms with van der Waals surface area (Å²) in [6.07, 6.45) is 0.447. The molecule has 0 aromatic heterocycles. The summed E-state index contributed by atoms with van der Waals surface area (Å²) in [6, 6.07) is 0. The van der Waals surface area contributed by atoms with Gasteiger partial charge in [-0.3, -0.25) is 0 Å². The zero-order chi connectivity index (χ0) is 11.7. The highest BCUT2D eigenvalue weighted by molar-refractivity contribution is 5.81. The molecule has 0 bridgehead atoms. The Balaban J connectivity index is 3.50. The highest BCUT2D eigenvalue weighted by Crippen LogP contribution is 2.04. The minimum absolute atomic E-state index is 0.0238. The molecule has 0 spiro atoms. The standard InChI is InChI=1S/C10H13FO4/c1-3-9(12)14-7-5-6-8(11)15-10(13)4-2/h3-4,8H,1-2,5-7H2. The highest BCUT2D eigenvalue weighted by atomic mass is 19.1. The lowest BCUT2D eigenvalue weighted by atomic mass is 10.3. The third-order valence-corrected chi connectivity index (χ3v) is 1.40. The summed E-state index contributed by atoms with van der Waals surface area (Å²) in [4.78, 5) is 21.1. The van der Waals surface area contributed by atoms with Gasteiger partial charge in [0.05, 0.1) is 6.61 Å². The van der Waals surface area contributed by atoms with E-state index in [0.717, 1.165) is 12.2 Å². The molecule has 0 aliphatic carbocycles. The summed E-state index contributed by atoms with van der Waals surface area (Å²) in [5, 5.41) is 0. The maximum atomic E-state index is 12.8. The van der Waals surface area contributed by atoms with Crippen LogP contribution in [-0.4, -0.2) is 24.9 Å². The van der Waals surface area contributed by atoms with E-state index < -0.39 is 18.3 Å². The lowest BCUT2D eigenvalue weighted by Crippen LogP contribution is -2.12. The summed E-state index contributed by atoms with van der Waals surface area (Å²) in [5.74, 6) is -1.38. The number of carbonyl (C=O) groups is 2. The van der Waals surface area contributed by atoms with Gasteiger partial charge in [0.2, 0.25) is 6.36 Å². The minimum Gasteiger partial charge on any atom is -0.463 e. The Morgan fingerprint density at radius 2 is 1.87 bits per heavy atom. The van der Waals surface area contributed by atoms with Crippen molar-refractivity contribution >= 4 is 11.9 Å². The van der Waals surface area contributed by atoms with Crippen molar-refractivity contribution in [2.75, 3.05) is 6.61 Å². The van der Waals surface area contributed by atoms with E-state index in [0.29, 0.717) is 0 Å². The lowest BCUT2D eigenvalue weighted by Gasteiger charge is -2.07. The van der Waals surface area contributed by atoms with Gasteiger partial charge in [-0.15, -0.1) is 0 Å². The molecule has 0 aromatic carbocycles. The Kier molecular flexibility index (Phi) is 6.88. The molecule has 15 heavy (non-hydrogen) atoms. The van der Waals surface area contributed by atoms with Crippen LogP contribution in [-0.2, 0) is 19.1 Å². The van der Waals surface area contributed by atoms with E-state index in [1.165, 1.54) is 0 Å². The Hall–Kier alpha value is -1.65. The number of esters is 2. The van der Waals surface area contributed by atoms with Gasteiger partial charge in [0, 0.05) is 18.6 Å². The average Bonchev–Trinajstić information content (AvgIpc) is 2.23. The van der Waals surface area contributed by atoms with Gasteiger partial charge in [0.15, 0.2) is 0 Å². The first-order chi connectivity index (χ1) is 7.10. The van der Waals surface area contributed by atoms with Crippen molar-refractivity contribution in [2.45, 2.75) is 19.2 Å². The van der Waals surface area contributed by atoms with Crippen LogP contribution in [0.1, 0.15) is 12.8 Å². The fourth-order valence-corrected chi connectivity index (χ4v) is 0.709. The van der Waals surface area contributed by atoms with Crippen LogP contribution < -0.4 is 0 Å². The zero-order valence-corrected chi connectivity index (χ0v) is 8.28. The van der Waals surface area contributed by atoms with E-state index in [1.54, 1.807) is 0 Å². The van der Waals surface area contributed by atoms with Gasteiger partial charge in [0.1, 0.15) is 0 Å². The van der Waals surface area contributed by atoms with Gasteiger partial charge in [0.25, 0.3) is 0 Å². The van der Waals surface area contributed by atoms with Crippen molar-refractivity contribution in [3.63, 3.8) is 0 Å².